The zero-order valence-corrected chi connectivity index (χ0v) is 15.9. The van der Waals surface area contributed by atoms with Crippen LogP contribution in [0, 0.1) is 12.7 Å². The van der Waals surface area contributed by atoms with Crippen LogP contribution in [-0.2, 0) is 6.18 Å². The van der Waals surface area contributed by atoms with Gasteiger partial charge in [-0.25, -0.2) is 9.37 Å². The largest absolute Gasteiger partial charge is 0.416 e. The number of nitrogens with one attached hydrogen (secondary N) is 3. The Bertz CT molecular complexity index is 988. The number of carbonyl (C=O) groups excluding carboxylic acids is 1. The number of nitrogens with zero attached hydrogens (tertiary/aromatic N) is 1. The molecule has 0 aliphatic rings. The summed E-state index contributed by atoms with van der Waals surface area (Å²) in [5, 5.41) is 10.6. The number of halogens is 4. The quantitative estimate of drug-likeness (QED) is 0.391. The number of thiazole rings is 1. The summed E-state index contributed by atoms with van der Waals surface area (Å²) in [5.41, 5.74) is -0.0615. The Kier molecular flexibility index (Phi) is 6.02. The van der Waals surface area contributed by atoms with Crippen LogP contribution in [0.5, 0.6) is 0 Å². The molecule has 0 fully saturated rings. The monoisotopic (exact) mass is 424 g/mol. The maximum Gasteiger partial charge on any atom is 0.416 e. The maximum absolute atomic E-state index is 13.1. The van der Waals surface area contributed by atoms with Crippen molar-refractivity contribution in [2.24, 2.45) is 0 Å². The van der Waals surface area contributed by atoms with Gasteiger partial charge in [0.05, 0.1) is 10.6 Å². The topological polar surface area (TPSA) is 66.0 Å². The van der Waals surface area contributed by atoms with Gasteiger partial charge in [0.15, 0.2) is 6.29 Å². The number of hydrogen-bond acceptors (Lipinski definition) is 5. The first-order valence-electron chi connectivity index (χ1n) is 8.39. The summed E-state index contributed by atoms with van der Waals surface area (Å²) in [6.07, 6.45) is -5.49. The second-order valence-corrected chi connectivity index (χ2v) is 7.09. The molecule has 5 nitrogen and oxygen atoms in total. The highest BCUT2D eigenvalue weighted by atomic mass is 32.1. The van der Waals surface area contributed by atoms with Gasteiger partial charge in [0, 0.05) is 16.8 Å². The fraction of sp³-hybridized carbons (Fsp3) is 0.158. The van der Waals surface area contributed by atoms with Gasteiger partial charge in [0.25, 0.3) is 5.91 Å². The molecule has 3 N–H and O–H groups in total. The van der Waals surface area contributed by atoms with Crippen LogP contribution in [0.4, 0.5) is 28.9 Å². The number of carbonyl (C=O) groups is 1. The molecule has 0 saturated carbocycles. The molecule has 0 saturated heterocycles. The molecule has 0 spiro atoms. The lowest BCUT2D eigenvalue weighted by Gasteiger charge is -2.23. The first-order chi connectivity index (χ1) is 13.7. The van der Waals surface area contributed by atoms with Gasteiger partial charge in [-0.05, 0) is 49.4 Å². The maximum atomic E-state index is 13.1. The molecule has 10 heteroatoms. The van der Waals surface area contributed by atoms with Crippen LogP contribution in [0.25, 0.3) is 0 Å². The number of benzene rings is 2. The summed E-state index contributed by atoms with van der Waals surface area (Å²) in [4.78, 5) is 16.5. The SMILES string of the molecule is Cc1nc(C(=O)NC(Nc2ccc(F)cc2)Nc2cccc(C(F)(F)F)c2)cs1. The van der Waals surface area contributed by atoms with Gasteiger partial charge < -0.3 is 16.0 Å². The van der Waals surface area contributed by atoms with Crippen LogP contribution >= 0.6 is 11.3 Å². The van der Waals surface area contributed by atoms with Crippen LogP contribution in [0.1, 0.15) is 21.1 Å². The van der Waals surface area contributed by atoms with E-state index in [2.05, 4.69) is 20.9 Å². The molecule has 3 aromatic rings. The second-order valence-electron chi connectivity index (χ2n) is 6.03. The van der Waals surface area contributed by atoms with E-state index in [-0.39, 0.29) is 11.4 Å². The average Bonchev–Trinajstić information content (AvgIpc) is 3.10. The Morgan fingerprint density at radius 2 is 1.76 bits per heavy atom. The van der Waals surface area contributed by atoms with Crippen molar-refractivity contribution in [1.29, 1.82) is 0 Å². The molecule has 2 aromatic carbocycles. The number of aromatic nitrogens is 1. The van der Waals surface area contributed by atoms with Gasteiger partial charge in [0.2, 0.25) is 0 Å². The Labute approximate surface area is 167 Å². The normalized spacial score (nSPS) is 12.3. The molecule has 152 valence electrons. The first kappa shape index (κ1) is 20.6. The van der Waals surface area contributed by atoms with Crippen molar-refractivity contribution in [2.45, 2.75) is 19.4 Å². The standard InChI is InChI=1S/C19H16F4N4OS/c1-11-24-16(10-29-11)17(28)27-18(25-14-7-5-13(20)6-8-14)26-15-4-2-3-12(9-15)19(21,22)23/h2-10,18,25-26H,1H3,(H,27,28). The molecule has 1 unspecified atom stereocenters. The van der Waals surface area contributed by atoms with Crippen molar-refractivity contribution in [3.8, 4) is 0 Å². The molecule has 0 aliphatic carbocycles. The molecular weight excluding hydrogens is 408 g/mol. The summed E-state index contributed by atoms with van der Waals surface area (Å²) >= 11 is 1.29. The van der Waals surface area contributed by atoms with E-state index in [0.29, 0.717) is 10.7 Å². The Morgan fingerprint density at radius 1 is 1.07 bits per heavy atom. The Balaban J connectivity index is 1.81. The molecular formula is C19H16F4N4OS. The third-order valence-electron chi connectivity index (χ3n) is 3.78. The third-order valence-corrected chi connectivity index (χ3v) is 4.56. The third kappa shape index (κ3) is 5.67. The summed E-state index contributed by atoms with van der Waals surface area (Å²) in [7, 11) is 0. The second kappa shape index (κ2) is 8.48. The number of aryl methyl sites for hydroxylation is 1. The van der Waals surface area contributed by atoms with Crippen LogP contribution < -0.4 is 16.0 Å². The average molecular weight is 424 g/mol. The number of amides is 1. The van der Waals surface area contributed by atoms with E-state index in [4.69, 9.17) is 0 Å². The number of alkyl halides is 3. The molecule has 1 aromatic heterocycles. The molecule has 3 rings (SSSR count). The zero-order chi connectivity index (χ0) is 21.0. The molecule has 0 bridgehead atoms. The fourth-order valence-electron chi connectivity index (χ4n) is 2.45. The lowest BCUT2D eigenvalue weighted by atomic mass is 10.2. The highest BCUT2D eigenvalue weighted by Crippen LogP contribution is 2.30. The van der Waals surface area contributed by atoms with Crippen molar-refractivity contribution < 1.29 is 22.4 Å². The summed E-state index contributed by atoms with van der Waals surface area (Å²) in [6.45, 7) is 1.75. The molecule has 29 heavy (non-hydrogen) atoms. The number of rotatable bonds is 6. The predicted octanol–water partition coefficient (Wildman–Crippen LogP) is 4.85. The summed E-state index contributed by atoms with van der Waals surface area (Å²) < 4.78 is 52.0. The van der Waals surface area contributed by atoms with Crippen molar-refractivity contribution in [3.63, 3.8) is 0 Å². The lowest BCUT2D eigenvalue weighted by Crippen LogP contribution is -2.46. The highest BCUT2D eigenvalue weighted by Gasteiger charge is 2.30. The molecule has 0 aliphatic heterocycles. The van der Waals surface area contributed by atoms with Crippen LogP contribution in [-0.4, -0.2) is 17.2 Å². The number of anilines is 2. The van der Waals surface area contributed by atoms with Crippen molar-refractivity contribution >= 4 is 28.6 Å². The van der Waals surface area contributed by atoms with Crippen LogP contribution in [0.15, 0.2) is 53.9 Å². The number of hydrogen-bond donors (Lipinski definition) is 3. The van der Waals surface area contributed by atoms with E-state index in [0.717, 1.165) is 12.1 Å². The smallest absolute Gasteiger partial charge is 0.348 e. The lowest BCUT2D eigenvalue weighted by molar-refractivity contribution is -0.137. The van der Waals surface area contributed by atoms with Crippen molar-refractivity contribution in [1.82, 2.24) is 10.3 Å². The van der Waals surface area contributed by atoms with E-state index >= 15 is 0 Å². The van der Waals surface area contributed by atoms with E-state index in [9.17, 15) is 22.4 Å². The Hall–Kier alpha value is -3.14. The minimum atomic E-state index is -4.50. The van der Waals surface area contributed by atoms with E-state index in [1.165, 1.54) is 47.7 Å². The Morgan fingerprint density at radius 3 is 2.38 bits per heavy atom. The first-order valence-corrected chi connectivity index (χ1v) is 9.27. The van der Waals surface area contributed by atoms with E-state index in [1.807, 2.05) is 0 Å². The fourth-order valence-corrected chi connectivity index (χ4v) is 3.04. The predicted molar refractivity (Wildman–Crippen MR) is 103 cm³/mol. The van der Waals surface area contributed by atoms with Gasteiger partial charge >= 0.3 is 6.18 Å². The van der Waals surface area contributed by atoms with E-state index < -0.39 is 29.8 Å². The van der Waals surface area contributed by atoms with Gasteiger partial charge in [-0.1, -0.05) is 6.07 Å². The van der Waals surface area contributed by atoms with Crippen LogP contribution in [0.2, 0.25) is 0 Å². The van der Waals surface area contributed by atoms with Crippen molar-refractivity contribution in [3.05, 3.63) is 76.0 Å². The van der Waals surface area contributed by atoms with Crippen molar-refractivity contribution in [2.75, 3.05) is 10.6 Å². The minimum absolute atomic E-state index is 0.134. The zero-order valence-electron chi connectivity index (χ0n) is 15.0. The minimum Gasteiger partial charge on any atom is -0.348 e. The van der Waals surface area contributed by atoms with Gasteiger partial charge in [-0.2, -0.15) is 13.2 Å². The molecule has 1 heterocycles. The highest BCUT2D eigenvalue weighted by molar-refractivity contribution is 7.09. The van der Waals surface area contributed by atoms with Gasteiger partial charge in [0.1, 0.15) is 11.5 Å². The van der Waals surface area contributed by atoms with E-state index in [1.54, 1.807) is 12.3 Å². The molecule has 1 amide bonds. The molecule has 1 atom stereocenters. The molecule has 0 radical (unpaired) electrons. The summed E-state index contributed by atoms with van der Waals surface area (Å²) in [6, 6.07) is 9.89. The van der Waals surface area contributed by atoms with Gasteiger partial charge in [-0.3, -0.25) is 4.79 Å². The summed E-state index contributed by atoms with van der Waals surface area (Å²) in [5.74, 6) is -0.964. The van der Waals surface area contributed by atoms with Gasteiger partial charge in [-0.15, -0.1) is 11.3 Å². The van der Waals surface area contributed by atoms with Crippen LogP contribution in [0.3, 0.4) is 0 Å².